The van der Waals surface area contributed by atoms with E-state index in [-0.39, 0.29) is 10.0 Å². The van der Waals surface area contributed by atoms with E-state index in [9.17, 15) is 13.2 Å². The van der Waals surface area contributed by atoms with E-state index in [2.05, 4.69) is 25.3 Å². The minimum absolute atomic E-state index is 0.0647. The fourth-order valence-corrected chi connectivity index (χ4v) is 4.37. The number of pyridine rings is 1. The minimum atomic E-state index is -3.74. The van der Waals surface area contributed by atoms with Gasteiger partial charge in [-0.3, -0.25) is 10.0 Å². The number of sulfonamides is 1. The predicted octanol–water partition coefficient (Wildman–Crippen LogP) is 4.14. The molecule has 2 amide bonds. The monoisotopic (exact) mass is 425 g/mol. The Kier molecular flexibility index (Phi) is 5.10. The normalized spacial score (nSPS) is 11.2. The van der Waals surface area contributed by atoms with Crippen molar-refractivity contribution in [2.75, 3.05) is 15.4 Å². The molecule has 0 aliphatic heterocycles. The van der Waals surface area contributed by atoms with Crippen LogP contribution in [0.3, 0.4) is 0 Å². The fraction of sp³-hybridized carbons (Fsp3) is 0. The summed E-state index contributed by atoms with van der Waals surface area (Å²) in [4.78, 5) is 20.6. The first kappa shape index (κ1) is 18.8. The largest absolute Gasteiger partial charge is 0.324 e. The zero-order valence-electron chi connectivity index (χ0n) is 14.9. The number of nitrogens with one attached hydrogen (secondary N) is 3. The Balaban J connectivity index is 1.41. The number of anilines is 3. The summed E-state index contributed by atoms with van der Waals surface area (Å²) in [5.74, 6) is 0.410. The van der Waals surface area contributed by atoms with Gasteiger partial charge in [-0.1, -0.05) is 18.2 Å². The van der Waals surface area contributed by atoms with Gasteiger partial charge in [-0.25, -0.2) is 23.2 Å². The van der Waals surface area contributed by atoms with Crippen molar-refractivity contribution in [1.29, 1.82) is 0 Å². The van der Waals surface area contributed by atoms with E-state index in [1.165, 1.54) is 41.8 Å². The van der Waals surface area contributed by atoms with Gasteiger partial charge in [-0.15, -0.1) is 11.3 Å². The van der Waals surface area contributed by atoms with Crippen LogP contribution in [0.25, 0.3) is 10.9 Å². The minimum Gasteiger partial charge on any atom is -0.308 e. The van der Waals surface area contributed by atoms with Crippen LogP contribution >= 0.6 is 11.3 Å². The zero-order chi connectivity index (χ0) is 20.3. The maximum absolute atomic E-state index is 12.3. The van der Waals surface area contributed by atoms with E-state index in [1.54, 1.807) is 11.4 Å². The second kappa shape index (κ2) is 7.86. The number of nitrogens with zero attached hydrogens (tertiary/aromatic N) is 2. The predicted molar refractivity (Wildman–Crippen MR) is 114 cm³/mol. The number of aromatic nitrogens is 2. The number of para-hydroxylation sites is 1. The van der Waals surface area contributed by atoms with Crippen molar-refractivity contribution < 1.29 is 13.2 Å². The summed E-state index contributed by atoms with van der Waals surface area (Å²) in [6.45, 7) is 0. The van der Waals surface area contributed by atoms with E-state index in [1.807, 2.05) is 30.3 Å². The SMILES string of the molecule is O=C(Nc1ccc(S(=O)(=O)Nc2nccs2)cc1)Nc1ccc2ccccc2n1. The highest BCUT2D eigenvalue weighted by Gasteiger charge is 2.15. The highest BCUT2D eigenvalue weighted by Crippen LogP contribution is 2.20. The molecule has 0 unspecified atom stereocenters. The van der Waals surface area contributed by atoms with Crippen molar-refractivity contribution in [3.8, 4) is 0 Å². The summed E-state index contributed by atoms with van der Waals surface area (Å²) in [6.07, 6.45) is 1.51. The Morgan fingerprint density at radius 3 is 2.48 bits per heavy atom. The number of hydrogen-bond acceptors (Lipinski definition) is 6. The summed E-state index contributed by atoms with van der Waals surface area (Å²) in [7, 11) is -3.74. The Morgan fingerprint density at radius 2 is 1.72 bits per heavy atom. The van der Waals surface area contributed by atoms with E-state index in [0.717, 1.165) is 10.9 Å². The molecule has 4 aromatic rings. The molecule has 3 N–H and O–H groups in total. The van der Waals surface area contributed by atoms with Crippen LogP contribution in [-0.4, -0.2) is 24.4 Å². The molecular weight excluding hydrogens is 410 g/mol. The van der Waals surface area contributed by atoms with Gasteiger partial charge in [-0.2, -0.15) is 0 Å². The molecule has 10 heteroatoms. The number of hydrogen-bond donors (Lipinski definition) is 3. The molecule has 0 radical (unpaired) electrons. The average Bonchev–Trinajstić information content (AvgIpc) is 3.20. The van der Waals surface area contributed by atoms with Gasteiger partial charge >= 0.3 is 6.03 Å². The van der Waals surface area contributed by atoms with Gasteiger partial charge in [0.25, 0.3) is 10.0 Å². The first-order valence-corrected chi connectivity index (χ1v) is 10.8. The molecule has 4 rings (SSSR count). The fourth-order valence-electron chi connectivity index (χ4n) is 2.58. The van der Waals surface area contributed by atoms with Crippen LogP contribution in [0.4, 0.5) is 21.4 Å². The lowest BCUT2D eigenvalue weighted by molar-refractivity contribution is 0.262. The number of thiazole rings is 1. The van der Waals surface area contributed by atoms with Crippen molar-refractivity contribution in [2.45, 2.75) is 4.90 Å². The quantitative estimate of drug-likeness (QED) is 0.445. The van der Waals surface area contributed by atoms with Gasteiger partial charge in [0.2, 0.25) is 0 Å². The smallest absolute Gasteiger partial charge is 0.308 e. The number of amides is 2. The molecule has 2 aromatic carbocycles. The Bertz CT molecular complexity index is 1260. The molecule has 0 aliphatic rings. The number of fused-ring (bicyclic) bond motifs is 1. The van der Waals surface area contributed by atoms with Crippen molar-refractivity contribution >= 4 is 54.9 Å². The molecule has 0 saturated carbocycles. The van der Waals surface area contributed by atoms with Crippen LogP contribution in [0.1, 0.15) is 0 Å². The Labute approximate surface area is 170 Å². The molecule has 146 valence electrons. The first-order valence-electron chi connectivity index (χ1n) is 8.46. The van der Waals surface area contributed by atoms with Crippen LogP contribution in [0.5, 0.6) is 0 Å². The third kappa shape index (κ3) is 4.50. The third-order valence-corrected chi connectivity index (χ3v) is 6.09. The van der Waals surface area contributed by atoms with E-state index in [0.29, 0.717) is 11.5 Å². The molecule has 29 heavy (non-hydrogen) atoms. The lowest BCUT2D eigenvalue weighted by Gasteiger charge is -2.09. The summed E-state index contributed by atoms with van der Waals surface area (Å²) in [6, 6.07) is 16.5. The molecule has 8 nitrogen and oxygen atoms in total. The molecule has 0 aliphatic carbocycles. The average molecular weight is 425 g/mol. The molecule has 0 fully saturated rings. The summed E-state index contributed by atoms with van der Waals surface area (Å²) >= 11 is 1.18. The number of benzene rings is 2. The van der Waals surface area contributed by atoms with E-state index in [4.69, 9.17) is 0 Å². The van der Waals surface area contributed by atoms with Crippen LogP contribution in [0.15, 0.2) is 77.1 Å². The molecule has 0 atom stereocenters. The summed E-state index contributed by atoms with van der Waals surface area (Å²) in [5, 5.41) is 8.24. The standard InChI is InChI=1S/C19H15N5O3S2/c25-18(23-17-10-5-13-3-1-2-4-16(13)22-17)21-14-6-8-15(9-7-14)29(26,27)24-19-20-11-12-28-19/h1-12H,(H,20,24)(H2,21,22,23,25). The second-order valence-electron chi connectivity index (χ2n) is 5.94. The van der Waals surface area contributed by atoms with E-state index >= 15 is 0 Å². The number of rotatable bonds is 5. The number of carbonyl (C=O) groups is 1. The molecule has 0 bridgehead atoms. The van der Waals surface area contributed by atoms with Gasteiger partial charge in [0.15, 0.2) is 5.13 Å². The van der Waals surface area contributed by atoms with Crippen molar-refractivity contribution in [3.05, 3.63) is 72.2 Å². The van der Waals surface area contributed by atoms with Gasteiger partial charge in [0.1, 0.15) is 5.82 Å². The van der Waals surface area contributed by atoms with Gasteiger partial charge in [0, 0.05) is 22.7 Å². The van der Waals surface area contributed by atoms with Crippen LogP contribution in [-0.2, 0) is 10.0 Å². The molecule has 0 saturated heterocycles. The topological polar surface area (TPSA) is 113 Å². The lowest BCUT2D eigenvalue weighted by atomic mass is 10.2. The maximum atomic E-state index is 12.3. The van der Waals surface area contributed by atoms with E-state index < -0.39 is 16.1 Å². The summed E-state index contributed by atoms with van der Waals surface area (Å²) < 4.78 is 27.1. The van der Waals surface area contributed by atoms with Gasteiger partial charge in [0.05, 0.1) is 10.4 Å². The van der Waals surface area contributed by atoms with Crippen LogP contribution < -0.4 is 15.4 Å². The number of urea groups is 1. The molecule has 0 spiro atoms. The highest BCUT2D eigenvalue weighted by atomic mass is 32.2. The van der Waals surface area contributed by atoms with Crippen LogP contribution in [0.2, 0.25) is 0 Å². The van der Waals surface area contributed by atoms with Crippen molar-refractivity contribution in [1.82, 2.24) is 9.97 Å². The van der Waals surface area contributed by atoms with Gasteiger partial charge < -0.3 is 5.32 Å². The lowest BCUT2D eigenvalue weighted by Crippen LogP contribution is -2.20. The highest BCUT2D eigenvalue weighted by molar-refractivity contribution is 7.93. The van der Waals surface area contributed by atoms with Crippen molar-refractivity contribution in [2.24, 2.45) is 0 Å². The Hall–Kier alpha value is -3.50. The zero-order valence-corrected chi connectivity index (χ0v) is 16.5. The first-order chi connectivity index (χ1) is 14.0. The molecule has 2 heterocycles. The van der Waals surface area contributed by atoms with Gasteiger partial charge in [-0.05, 0) is 42.5 Å². The molecule has 2 aromatic heterocycles. The second-order valence-corrected chi connectivity index (χ2v) is 8.51. The maximum Gasteiger partial charge on any atom is 0.324 e. The third-order valence-electron chi connectivity index (χ3n) is 3.92. The molecular formula is C19H15N5O3S2. The summed E-state index contributed by atoms with van der Waals surface area (Å²) in [5.41, 5.74) is 1.21. The van der Waals surface area contributed by atoms with Crippen LogP contribution in [0, 0.1) is 0 Å². The van der Waals surface area contributed by atoms with Crippen molar-refractivity contribution in [3.63, 3.8) is 0 Å². The Morgan fingerprint density at radius 1 is 0.931 bits per heavy atom. The number of carbonyl (C=O) groups excluding carboxylic acids is 1.